The lowest BCUT2D eigenvalue weighted by Crippen LogP contribution is -2.01. The molecule has 1 rings (SSSR count). The molecule has 82 valence electrons. The number of rotatable bonds is 4. The summed E-state index contributed by atoms with van der Waals surface area (Å²) in [7, 11) is 2.99. The SMILES string of the molecule is COc1cc(C(=O)CBr)cc(Cl)c1OC. The van der Waals surface area contributed by atoms with Gasteiger partial charge in [-0.1, -0.05) is 27.5 Å². The Labute approximate surface area is 101 Å². The van der Waals surface area contributed by atoms with Gasteiger partial charge >= 0.3 is 0 Å². The number of halogens is 2. The lowest BCUT2D eigenvalue weighted by atomic mass is 10.1. The summed E-state index contributed by atoms with van der Waals surface area (Å²) in [6, 6.07) is 3.17. The minimum atomic E-state index is -0.0575. The quantitative estimate of drug-likeness (QED) is 0.632. The third-order valence-electron chi connectivity index (χ3n) is 1.88. The maximum atomic E-state index is 11.4. The Morgan fingerprint density at radius 2 is 2.07 bits per heavy atom. The van der Waals surface area contributed by atoms with Crippen molar-refractivity contribution >= 4 is 33.3 Å². The van der Waals surface area contributed by atoms with Gasteiger partial charge in [-0.05, 0) is 12.1 Å². The van der Waals surface area contributed by atoms with Crippen LogP contribution in [0, 0.1) is 0 Å². The number of hydrogen-bond acceptors (Lipinski definition) is 3. The molecule has 0 unspecified atom stereocenters. The van der Waals surface area contributed by atoms with E-state index in [1.165, 1.54) is 14.2 Å². The molecule has 0 saturated heterocycles. The molecule has 0 spiro atoms. The van der Waals surface area contributed by atoms with Crippen molar-refractivity contribution in [2.75, 3.05) is 19.5 Å². The molecule has 0 bridgehead atoms. The largest absolute Gasteiger partial charge is 0.493 e. The molecule has 0 N–H and O–H groups in total. The molecular weight excluding hydrogens is 283 g/mol. The average Bonchev–Trinajstić information content (AvgIpc) is 2.26. The molecule has 0 amide bonds. The molecule has 15 heavy (non-hydrogen) atoms. The maximum absolute atomic E-state index is 11.4. The van der Waals surface area contributed by atoms with Crippen LogP contribution in [0.15, 0.2) is 12.1 Å². The second-order valence-electron chi connectivity index (χ2n) is 2.75. The summed E-state index contributed by atoms with van der Waals surface area (Å²) in [5, 5.41) is 0.611. The fourth-order valence-electron chi connectivity index (χ4n) is 1.16. The Bertz CT molecular complexity index is 379. The van der Waals surface area contributed by atoms with E-state index in [2.05, 4.69) is 15.9 Å². The van der Waals surface area contributed by atoms with Crippen LogP contribution in [0.4, 0.5) is 0 Å². The zero-order valence-electron chi connectivity index (χ0n) is 8.34. The number of hydrogen-bond donors (Lipinski definition) is 0. The lowest BCUT2D eigenvalue weighted by Gasteiger charge is -2.10. The van der Waals surface area contributed by atoms with Crippen LogP contribution in [0.1, 0.15) is 10.4 Å². The van der Waals surface area contributed by atoms with Gasteiger partial charge in [0.15, 0.2) is 17.3 Å². The molecule has 5 heteroatoms. The highest BCUT2D eigenvalue weighted by molar-refractivity contribution is 9.09. The van der Waals surface area contributed by atoms with Gasteiger partial charge in [0.25, 0.3) is 0 Å². The first-order valence-electron chi connectivity index (χ1n) is 4.14. The number of Topliss-reactive ketones (excluding diaryl/α,β-unsaturated/α-hetero) is 1. The van der Waals surface area contributed by atoms with E-state index in [1.54, 1.807) is 12.1 Å². The number of ketones is 1. The summed E-state index contributed by atoms with van der Waals surface area (Å²) in [4.78, 5) is 11.4. The fraction of sp³-hybridized carbons (Fsp3) is 0.300. The molecule has 0 heterocycles. The topological polar surface area (TPSA) is 35.5 Å². The number of alkyl halides is 1. The molecule has 0 fully saturated rings. The summed E-state index contributed by atoms with van der Waals surface area (Å²) >= 11 is 9.04. The van der Waals surface area contributed by atoms with Gasteiger partial charge in [0.05, 0.1) is 24.6 Å². The molecule has 0 aromatic heterocycles. The van der Waals surface area contributed by atoms with Crippen LogP contribution in [0.25, 0.3) is 0 Å². The van der Waals surface area contributed by atoms with Gasteiger partial charge in [-0.2, -0.15) is 0 Å². The van der Waals surface area contributed by atoms with Crippen LogP contribution < -0.4 is 9.47 Å². The van der Waals surface area contributed by atoms with Crippen molar-refractivity contribution in [3.05, 3.63) is 22.7 Å². The van der Waals surface area contributed by atoms with Crippen molar-refractivity contribution in [2.24, 2.45) is 0 Å². The summed E-state index contributed by atoms with van der Waals surface area (Å²) < 4.78 is 10.1. The van der Waals surface area contributed by atoms with E-state index in [9.17, 15) is 4.79 Å². The minimum Gasteiger partial charge on any atom is -0.493 e. The maximum Gasteiger partial charge on any atom is 0.179 e. The molecule has 0 atom stereocenters. The van der Waals surface area contributed by atoms with Crippen molar-refractivity contribution in [3.8, 4) is 11.5 Å². The Balaban J connectivity index is 3.25. The third-order valence-corrected chi connectivity index (χ3v) is 2.67. The molecule has 1 aromatic rings. The molecule has 1 aromatic carbocycles. The zero-order chi connectivity index (χ0) is 11.4. The van der Waals surface area contributed by atoms with Crippen molar-refractivity contribution < 1.29 is 14.3 Å². The first-order valence-corrected chi connectivity index (χ1v) is 5.64. The van der Waals surface area contributed by atoms with Gasteiger partial charge in [0.1, 0.15) is 0 Å². The van der Waals surface area contributed by atoms with Gasteiger partial charge in [-0.3, -0.25) is 4.79 Å². The zero-order valence-corrected chi connectivity index (χ0v) is 10.7. The van der Waals surface area contributed by atoms with E-state index in [0.29, 0.717) is 22.1 Å². The highest BCUT2D eigenvalue weighted by atomic mass is 79.9. The lowest BCUT2D eigenvalue weighted by molar-refractivity contribution is 0.102. The van der Waals surface area contributed by atoms with Gasteiger partial charge in [0, 0.05) is 5.56 Å². The van der Waals surface area contributed by atoms with E-state index < -0.39 is 0 Å². The van der Waals surface area contributed by atoms with E-state index in [-0.39, 0.29) is 11.1 Å². The number of benzene rings is 1. The van der Waals surface area contributed by atoms with Gasteiger partial charge in [-0.15, -0.1) is 0 Å². The average molecular weight is 294 g/mol. The Hall–Kier alpha value is -0.740. The molecule has 0 aliphatic heterocycles. The highest BCUT2D eigenvalue weighted by Crippen LogP contribution is 2.36. The summed E-state index contributed by atoms with van der Waals surface area (Å²) in [5.74, 6) is 0.831. The molecular formula is C10H10BrClO3. The van der Waals surface area contributed by atoms with Crippen LogP contribution in [-0.2, 0) is 0 Å². The van der Waals surface area contributed by atoms with Crippen LogP contribution in [0.3, 0.4) is 0 Å². The molecule has 0 aliphatic rings. The number of carbonyl (C=O) groups is 1. The standard InChI is InChI=1S/C10H10BrClO3/c1-14-9-4-6(8(13)5-11)3-7(12)10(9)15-2/h3-4H,5H2,1-2H3. The smallest absolute Gasteiger partial charge is 0.179 e. The Kier molecular flexibility index (Phi) is 4.42. The van der Waals surface area contributed by atoms with Crippen molar-refractivity contribution in [1.82, 2.24) is 0 Å². The molecule has 3 nitrogen and oxygen atoms in total. The minimum absolute atomic E-state index is 0.0575. The Morgan fingerprint density at radius 1 is 1.40 bits per heavy atom. The van der Waals surface area contributed by atoms with Crippen molar-refractivity contribution in [3.63, 3.8) is 0 Å². The summed E-state index contributed by atoms with van der Waals surface area (Å²) in [6.45, 7) is 0. The number of carbonyl (C=O) groups excluding carboxylic acids is 1. The second-order valence-corrected chi connectivity index (χ2v) is 3.72. The molecule has 0 aliphatic carbocycles. The normalized spacial score (nSPS) is 9.87. The van der Waals surface area contributed by atoms with E-state index in [4.69, 9.17) is 21.1 Å². The van der Waals surface area contributed by atoms with Crippen LogP contribution in [-0.4, -0.2) is 25.3 Å². The second kappa shape index (κ2) is 5.37. The predicted molar refractivity (Wildman–Crippen MR) is 62.7 cm³/mol. The monoisotopic (exact) mass is 292 g/mol. The third kappa shape index (κ3) is 2.63. The predicted octanol–water partition coefficient (Wildman–Crippen LogP) is 2.93. The van der Waals surface area contributed by atoms with Gasteiger partial charge < -0.3 is 9.47 Å². The van der Waals surface area contributed by atoms with E-state index in [0.717, 1.165) is 0 Å². The first-order chi connectivity index (χ1) is 7.13. The van der Waals surface area contributed by atoms with Crippen LogP contribution >= 0.6 is 27.5 Å². The van der Waals surface area contributed by atoms with Gasteiger partial charge in [-0.25, -0.2) is 0 Å². The fourth-order valence-corrected chi connectivity index (χ4v) is 1.77. The molecule has 0 radical (unpaired) electrons. The Morgan fingerprint density at radius 3 is 2.53 bits per heavy atom. The van der Waals surface area contributed by atoms with E-state index >= 15 is 0 Å². The number of methoxy groups -OCH3 is 2. The van der Waals surface area contributed by atoms with Crippen LogP contribution in [0.5, 0.6) is 11.5 Å². The highest BCUT2D eigenvalue weighted by Gasteiger charge is 2.14. The summed E-state index contributed by atoms with van der Waals surface area (Å²) in [6.07, 6.45) is 0. The van der Waals surface area contributed by atoms with Crippen molar-refractivity contribution in [2.45, 2.75) is 0 Å². The van der Waals surface area contributed by atoms with Gasteiger partial charge in [0.2, 0.25) is 0 Å². The van der Waals surface area contributed by atoms with Crippen molar-refractivity contribution in [1.29, 1.82) is 0 Å². The first kappa shape index (κ1) is 12.3. The molecule has 0 saturated carbocycles. The number of ether oxygens (including phenoxy) is 2. The summed E-state index contributed by atoms with van der Waals surface area (Å²) in [5.41, 5.74) is 0.495. The van der Waals surface area contributed by atoms with Crippen LogP contribution in [0.2, 0.25) is 5.02 Å². The van der Waals surface area contributed by atoms with E-state index in [1.807, 2.05) is 0 Å².